The van der Waals surface area contributed by atoms with Gasteiger partial charge in [0.25, 0.3) is 11.5 Å². The highest BCUT2D eigenvalue weighted by Crippen LogP contribution is 2.24. The molecule has 0 saturated carbocycles. The lowest BCUT2D eigenvalue weighted by molar-refractivity contribution is 0.102. The molecule has 3 aromatic heterocycles. The van der Waals surface area contributed by atoms with Gasteiger partial charge in [0.1, 0.15) is 16.3 Å². The summed E-state index contributed by atoms with van der Waals surface area (Å²) in [5.41, 5.74) is 2.04. The van der Waals surface area contributed by atoms with E-state index in [9.17, 15) is 14.4 Å². The number of aromatic nitrogens is 4. The van der Waals surface area contributed by atoms with Crippen molar-refractivity contribution in [3.05, 3.63) is 74.0 Å². The molecule has 0 atom stereocenters. The molecule has 0 aliphatic carbocycles. The van der Waals surface area contributed by atoms with Crippen LogP contribution in [-0.2, 0) is 14.1 Å². The smallest absolute Gasteiger partial charge is 0.319 e. The highest BCUT2D eigenvalue weighted by atomic mass is 32.1. The van der Waals surface area contributed by atoms with Gasteiger partial charge in [-0.25, -0.2) is 14.8 Å². The standard InChI is InChI=1S/C20H17N5O3S/c1-11-4-6-12(7-5-11)18-23-15(10-29-18)17(26)22-13-8-14-16(21-9-13)24(2)20(28)25(3)19(14)27/h4-10H,1-3H3,(H,22,26). The lowest BCUT2D eigenvalue weighted by Crippen LogP contribution is -2.37. The monoisotopic (exact) mass is 407 g/mol. The highest BCUT2D eigenvalue weighted by molar-refractivity contribution is 7.13. The molecule has 0 fully saturated rings. The fraction of sp³-hybridized carbons (Fsp3) is 0.150. The van der Waals surface area contributed by atoms with Crippen molar-refractivity contribution in [2.45, 2.75) is 6.92 Å². The summed E-state index contributed by atoms with van der Waals surface area (Å²) in [6.07, 6.45) is 1.41. The molecule has 0 unspecified atom stereocenters. The number of pyridine rings is 1. The van der Waals surface area contributed by atoms with Crippen LogP contribution in [0.1, 0.15) is 16.1 Å². The van der Waals surface area contributed by atoms with Crippen LogP contribution in [0, 0.1) is 6.92 Å². The third kappa shape index (κ3) is 3.36. The van der Waals surface area contributed by atoms with Crippen LogP contribution >= 0.6 is 11.3 Å². The van der Waals surface area contributed by atoms with Gasteiger partial charge in [-0.15, -0.1) is 11.3 Å². The van der Waals surface area contributed by atoms with E-state index < -0.39 is 17.2 Å². The summed E-state index contributed by atoms with van der Waals surface area (Å²) in [4.78, 5) is 45.5. The molecule has 29 heavy (non-hydrogen) atoms. The Hall–Kier alpha value is -3.59. The first kappa shape index (κ1) is 18.8. The third-order valence-corrected chi connectivity index (χ3v) is 5.48. The molecular weight excluding hydrogens is 390 g/mol. The highest BCUT2D eigenvalue weighted by Gasteiger charge is 2.15. The number of amides is 1. The Kier molecular flexibility index (Phi) is 4.59. The molecule has 0 saturated heterocycles. The molecule has 0 radical (unpaired) electrons. The summed E-state index contributed by atoms with van der Waals surface area (Å²) in [7, 11) is 2.94. The average molecular weight is 407 g/mol. The van der Waals surface area contributed by atoms with Crippen molar-refractivity contribution in [2.24, 2.45) is 14.1 Å². The van der Waals surface area contributed by atoms with Crippen molar-refractivity contribution in [1.29, 1.82) is 0 Å². The second-order valence-electron chi connectivity index (χ2n) is 6.66. The third-order valence-electron chi connectivity index (χ3n) is 4.59. The molecule has 0 spiro atoms. The number of benzene rings is 1. The van der Waals surface area contributed by atoms with Crippen molar-refractivity contribution in [3.63, 3.8) is 0 Å². The van der Waals surface area contributed by atoms with Crippen LogP contribution in [0.4, 0.5) is 5.69 Å². The van der Waals surface area contributed by atoms with Gasteiger partial charge < -0.3 is 5.32 Å². The lowest BCUT2D eigenvalue weighted by Gasteiger charge is -2.08. The van der Waals surface area contributed by atoms with E-state index in [1.54, 1.807) is 5.38 Å². The van der Waals surface area contributed by atoms with E-state index in [-0.39, 0.29) is 16.7 Å². The van der Waals surface area contributed by atoms with Gasteiger partial charge >= 0.3 is 5.69 Å². The number of aryl methyl sites for hydroxylation is 2. The molecule has 1 N–H and O–H groups in total. The van der Waals surface area contributed by atoms with Crippen LogP contribution in [0.25, 0.3) is 21.6 Å². The minimum atomic E-state index is -0.470. The molecule has 4 rings (SSSR count). The van der Waals surface area contributed by atoms with E-state index in [1.165, 1.54) is 42.3 Å². The Morgan fingerprint density at radius 2 is 1.83 bits per heavy atom. The fourth-order valence-corrected chi connectivity index (χ4v) is 3.74. The quantitative estimate of drug-likeness (QED) is 0.562. The number of nitrogens with zero attached hydrogens (tertiary/aromatic N) is 4. The first-order valence-corrected chi connectivity index (χ1v) is 9.63. The minimum Gasteiger partial charge on any atom is -0.319 e. The summed E-state index contributed by atoms with van der Waals surface area (Å²) in [6, 6.07) is 9.41. The molecule has 146 valence electrons. The molecule has 0 aliphatic rings. The topological polar surface area (TPSA) is 98.9 Å². The average Bonchev–Trinajstić information content (AvgIpc) is 3.21. The van der Waals surface area contributed by atoms with Gasteiger partial charge in [-0.3, -0.25) is 18.7 Å². The number of rotatable bonds is 3. The van der Waals surface area contributed by atoms with Crippen molar-refractivity contribution in [1.82, 2.24) is 19.1 Å². The van der Waals surface area contributed by atoms with Crippen LogP contribution in [0.3, 0.4) is 0 Å². The molecule has 3 heterocycles. The molecular formula is C20H17N5O3S. The maximum atomic E-state index is 12.6. The van der Waals surface area contributed by atoms with Gasteiger partial charge in [-0.2, -0.15) is 0 Å². The summed E-state index contributed by atoms with van der Waals surface area (Å²) in [5.74, 6) is -0.401. The second kappa shape index (κ2) is 7.10. The van der Waals surface area contributed by atoms with E-state index >= 15 is 0 Å². The zero-order chi connectivity index (χ0) is 20.7. The number of carbonyl (C=O) groups excluding carboxylic acids is 1. The number of thiazole rings is 1. The predicted octanol–water partition coefficient (Wildman–Crippen LogP) is 2.32. The van der Waals surface area contributed by atoms with E-state index in [2.05, 4.69) is 15.3 Å². The maximum Gasteiger partial charge on any atom is 0.332 e. The molecule has 0 aliphatic heterocycles. The first-order valence-electron chi connectivity index (χ1n) is 8.75. The van der Waals surface area contributed by atoms with Crippen molar-refractivity contribution in [2.75, 3.05) is 5.32 Å². The largest absolute Gasteiger partial charge is 0.332 e. The summed E-state index contributed by atoms with van der Waals surface area (Å²) < 4.78 is 2.29. The van der Waals surface area contributed by atoms with Crippen molar-refractivity contribution >= 4 is 34.0 Å². The number of hydrogen-bond donors (Lipinski definition) is 1. The Morgan fingerprint density at radius 1 is 1.10 bits per heavy atom. The SMILES string of the molecule is Cc1ccc(-c2nc(C(=O)Nc3cnc4c(c3)c(=O)n(C)c(=O)n4C)cs2)cc1. The second-order valence-corrected chi connectivity index (χ2v) is 7.52. The zero-order valence-corrected chi connectivity index (χ0v) is 16.8. The van der Waals surface area contributed by atoms with Gasteiger partial charge in [-0.05, 0) is 13.0 Å². The van der Waals surface area contributed by atoms with E-state index in [4.69, 9.17) is 0 Å². The van der Waals surface area contributed by atoms with Crippen molar-refractivity contribution in [3.8, 4) is 10.6 Å². The molecule has 1 amide bonds. The van der Waals surface area contributed by atoms with Crippen LogP contribution in [0.5, 0.6) is 0 Å². The lowest BCUT2D eigenvalue weighted by atomic mass is 10.2. The normalized spacial score (nSPS) is 11.0. The summed E-state index contributed by atoms with van der Waals surface area (Å²) in [5, 5.41) is 5.38. The van der Waals surface area contributed by atoms with E-state index in [0.29, 0.717) is 5.69 Å². The molecule has 4 aromatic rings. The Balaban J connectivity index is 1.63. The molecule has 1 aromatic carbocycles. The van der Waals surface area contributed by atoms with Gasteiger partial charge in [-0.1, -0.05) is 29.8 Å². The number of fused-ring (bicyclic) bond motifs is 1. The molecule has 0 bridgehead atoms. The van der Waals surface area contributed by atoms with Crippen LogP contribution < -0.4 is 16.6 Å². The van der Waals surface area contributed by atoms with E-state index in [0.717, 1.165) is 20.7 Å². The Morgan fingerprint density at radius 3 is 2.55 bits per heavy atom. The maximum absolute atomic E-state index is 12.6. The molecule has 8 nitrogen and oxygen atoms in total. The summed E-state index contributed by atoms with van der Waals surface area (Å²) in [6.45, 7) is 2.01. The first-order chi connectivity index (χ1) is 13.8. The van der Waals surface area contributed by atoms with E-state index in [1.807, 2.05) is 31.2 Å². The number of carbonyl (C=O) groups is 1. The fourth-order valence-electron chi connectivity index (χ4n) is 2.94. The van der Waals surface area contributed by atoms with Gasteiger partial charge in [0.2, 0.25) is 0 Å². The number of hydrogen-bond acceptors (Lipinski definition) is 6. The zero-order valence-electron chi connectivity index (χ0n) is 16.0. The number of anilines is 1. The Bertz CT molecular complexity index is 1370. The molecule has 9 heteroatoms. The van der Waals surface area contributed by atoms with Crippen LogP contribution in [0.2, 0.25) is 0 Å². The van der Waals surface area contributed by atoms with Crippen LogP contribution in [0.15, 0.2) is 51.5 Å². The van der Waals surface area contributed by atoms with Gasteiger partial charge in [0.15, 0.2) is 0 Å². The predicted molar refractivity (Wildman–Crippen MR) is 112 cm³/mol. The number of nitrogens with one attached hydrogen (secondary N) is 1. The van der Waals surface area contributed by atoms with Crippen molar-refractivity contribution < 1.29 is 4.79 Å². The van der Waals surface area contributed by atoms with Crippen LogP contribution in [-0.4, -0.2) is 25.0 Å². The minimum absolute atomic E-state index is 0.242. The van der Waals surface area contributed by atoms with Gasteiger partial charge in [0.05, 0.1) is 17.3 Å². The summed E-state index contributed by atoms with van der Waals surface area (Å²) >= 11 is 1.38. The Labute approximate surface area is 169 Å². The van der Waals surface area contributed by atoms with Gasteiger partial charge in [0, 0.05) is 25.0 Å².